The van der Waals surface area contributed by atoms with Gasteiger partial charge in [0.1, 0.15) is 0 Å². The number of rotatable bonds is 7. The van der Waals surface area contributed by atoms with Crippen LogP contribution in [0.5, 0.6) is 0 Å². The summed E-state index contributed by atoms with van der Waals surface area (Å²) < 4.78 is 0. The van der Waals surface area contributed by atoms with E-state index in [1.807, 2.05) is 54.6 Å². The summed E-state index contributed by atoms with van der Waals surface area (Å²) in [7, 11) is 0. The van der Waals surface area contributed by atoms with Crippen LogP contribution in [0.4, 0.5) is 5.69 Å². The minimum absolute atomic E-state index is 0.0307. The summed E-state index contributed by atoms with van der Waals surface area (Å²) in [6, 6.07) is 19.7. The van der Waals surface area contributed by atoms with Gasteiger partial charge in [-0.05, 0) is 41.0 Å². The van der Waals surface area contributed by atoms with E-state index in [0.29, 0.717) is 6.54 Å². The molecule has 0 atom stereocenters. The molecule has 0 bridgehead atoms. The third-order valence-corrected chi connectivity index (χ3v) is 5.01. The maximum Gasteiger partial charge on any atom is 0.247 e. The normalized spacial score (nSPS) is 10.8. The Labute approximate surface area is 179 Å². The number of fused-ring (bicyclic) bond motifs is 1. The molecule has 156 valence electrons. The van der Waals surface area contributed by atoms with Gasteiger partial charge in [0.25, 0.3) is 0 Å². The van der Waals surface area contributed by atoms with Crippen LogP contribution in [0.15, 0.2) is 73.1 Å². The molecule has 0 saturated carbocycles. The monoisotopic (exact) mass is 414 g/mol. The molecule has 0 unspecified atom stereocenters. The second kappa shape index (κ2) is 9.34. The average Bonchev–Trinajstić information content (AvgIpc) is 2.83. The van der Waals surface area contributed by atoms with E-state index in [-0.39, 0.29) is 13.0 Å². The van der Waals surface area contributed by atoms with Crippen molar-refractivity contribution >= 4 is 22.5 Å². The topological polar surface area (TPSA) is 107 Å². The first kappa shape index (κ1) is 20.5. The van der Waals surface area contributed by atoms with Gasteiger partial charge in [0.05, 0.1) is 24.2 Å². The summed E-state index contributed by atoms with van der Waals surface area (Å²) in [6.07, 6.45) is 3.37. The minimum Gasteiger partial charge on any atom is -0.395 e. The van der Waals surface area contributed by atoms with Crippen LogP contribution in [0.1, 0.15) is 5.56 Å². The number of nitrogens with one attached hydrogen (secondary N) is 2. The van der Waals surface area contributed by atoms with Crippen molar-refractivity contribution in [2.24, 2.45) is 0 Å². The van der Waals surface area contributed by atoms with Crippen molar-refractivity contribution in [3.8, 4) is 22.4 Å². The van der Waals surface area contributed by atoms with Crippen LogP contribution in [0.25, 0.3) is 33.3 Å². The summed E-state index contributed by atoms with van der Waals surface area (Å²) in [5.41, 5.74) is 7.95. The first-order chi connectivity index (χ1) is 15.2. The Bertz CT molecular complexity index is 1190. The zero-order valence-corrected chi connectivity index (χ0v) is 16.7. The smallest absolute Gasteiger partial charge is 0.247 e. The highest BCUT2D eigenvalue weighted by Gasteiger charge is 2.11. The Hall–Kier alpha value is -3.81. The molecule has 4 rings (SSSR count). The number of amides is 1. The second-order valence-electron chi connectivity index (χ2n) is 7.08. The lowest BCUT2D eigenvalue weighted by Crippen LogP contribution is -2.20. The van der Waals surface area contributed by atoms with Gasteiger partial charge in [0.15, 0.2) is 0 Å². The standard InChI is InChI=1S/C24H22N4O3/c29-12-11-26-20-7-5-17(6-8-20)16-1-3-18(4-2-16)23-13-19(14-24(30)28-31)21-15-25-10-9-22(21)27-23/h1-10,13,15,26,29,31H,11-12,14H2,(H,28,30). The molecule has 0 aliphatic heterocycles. The number of carbonyl (C=O) groups is 1. The molecule has 7 nitrogen and oxygen atoms in total. The van der Waals surface area contributed by atoms with Gasteiger partial charge in [-0.2, -0.15) is 0 Å². The number of carbonyl (C=O) groups excluding carboxylic acids is 1. The van der Waals surface area contributed by atoms with Crippen molar-refractivity contribution in [1.29, 1.82) is 0 Å². The van der Waals surface area contributed by atoms with Gasteiger partial charge in [-0.3, -0.25) is 15.0 Å². The number of nitrogens with zero attached hydrogens (tertiary/aromatic N) is 2. The Morgan fingerprint density at radius 1 is 0.935 bits per heavy atom. The van der Waals surface area contributed by atoms with E-state index < -0.39 is 5.91 Å². The first-order valence-electron chi connectivity index (χ1n) is 9.90. The molecular formula is C24H22N4O3. The zero-order valence-electron chi connectivity index (χ0n) is 16.7. The number of aliphatic hydroxyl groups is 1. The lowest BCUT2D eigenvalue weighted by atomic mass is 10.00. The highest BCUT2D eigenvalue weighted by molar-refractivity contribution is 5.89. The number of benzene rings is 2. The maximum atomic E-state index is 11.7. The fourth-order valence-electron chi connectivity index (χ4n) is 3.46. The van der Waals surface area contributed by atoms with E-state index in [9.17, 15) is 4.79 Å². The molecule has 2 aromatic carbocycles. The van der Waals surface area contributed by atoms with Crippen LogP contribution in [-0.4, -0.2) is 39.3 Å². The third kappa shape index (κ3) is 4.69. The quantitative estimate of drug-likeness (QED) is 0.273. The molecule has 1 amide bonds. The number of aromatic nitrogens is 2. The van der Waals surface area contributed by atoms with Crippen LogP contribution in [0.3, 0.4) is 0 Å². The molecular weight excluding hydrogens is 392 g/mol. The van der Waals surface area contributed by atoms with Crippen LogP contribution < -0.4 is 10.8 Å². The van der Waals surface area contributed by atoms with E-state index in [4.69, 9.17) is 15.3 Å². The van der Waals surface area contributed by atoms with Crippen LogP contribution in [0.2, 0.25) is 0 Å². The summed E-state index contributed by atoms with van der Waals surface area (Å²) in [5, 5.41) is 21.7. The van der Waals surface area contributed by atoms with Gasteiger partial charge in [-0.15, -0.1) is 0 Å². The number of hydrogen-bond donors (Lipinski definition) is 4. The number of pyridine rings is 2. The largest absolute Gasteiger partial charge is 0.395 e. The molecule has 4 N–H and O–H groups in total. The fraction of sp³-hybridized carbons (Fsp3) is 0.125. The van der Waals surface area contributed by atoms with E-state index in [1.54, 1.807) is 23.9 Å². The molecule has 0 aliphatic carbocycles. The second-order valence-corrected chi connectivity index (χ2v) is 7.08. The number of hydrogen-bond acceptors (Lipinski definition) is 6. The Morgan fingerprint density at radius 3 is 2.29 bits per heavy atom. The summed E-state index contributed by atoms with van der Waals surface area (Å²) in [4.78, 5) is 20.6. The summed E-state index contributed by atoms with van der Waals surface area (Å²) >= 11 is 0. The molecule has 2 heterocycles. The van der Waals surface area contributed by atoms with E-state index in [0.717, 1.165) is 44.5 Å². The van der Waals surface area contributed by atoms with Crippen LogP contribution >= 0.6 is 0 Å². The van der Waals surface area contributed by atoms with Crippen molar-refractivity contribution < 1.29 is 15.1 Å². The zero-order chi connectivity index (χ0) is 21.6. The molecule has 4 aromatic rings. The predicted octanol–water partition coefficient (Wildman–Crippen LogP) is 3.42. The Balaban J connectivity index is 1.63. The van der Waals surface area contributed by atoms with E-state index in [2.05, 4.69) is 10.3 Å². The van der Waals surface area contributed by atoms with Gasteiger partial charge < -0.3 is 10.4 Å². The molecule has 2 aromatic heterocycles. The molecule has 0 radical (unpaired) electrons. The molecule has 0 spiro atoms. The fourth-order valence-corrected chi connectivity index (χ4v) is 3.46. The van der Waals surface area contributed by atoms with Crippen molar-refractivity contribution in [3.63, 3.8) is 0 Å². The number of aliphatic hydroxyl groups excluding tert-OH is 1. The average molecular weight is 414 g/mol. The van der Waals surface area contributed by atoms with Crippen LogP contribution in [0, 0.1) is 0 Å². The van der Waals surface area contributed by atoms with Crippen molar-refractivity contribution in [2.75, 3.05) is 18.5 Å². The van der Waals surface area contributed by atoms with E-state index in [1.165, 1.54) is 0 Å². The number of anilines is 1. The predicted molar refractivity (Wildman–Crippen MR) is 120 cm³/mol. The maximum absolute atomic E-state index is 11.7. The highest BCUT2D eigenvalue weighted by atomic mass is 16.5. The van der Waals surface area contributed by atoms with E-state index >= 15 is 0 Å². The minimum atomic E-state index is -0.491. The van der Waals surface area contributed by atoms with Crippen molar-refractivity contribution in [1.82, 2.24) is 15.4 Å². The Morgan fingerprint density at radius 2 is 1.61 bits per heavy atom. The molecule has 0 fully saturated rings. The summed E-state index contributed by atoms with van der Waals surface area (Å²) in [5.74, 6) is -0.491. The molecule has 0 saturated heterocycles. The SMILES string of the molecule is O=C(Cc1cc(-c2ccc(-c3ccc(NCCO)cc3)cc2)nc2ccncc12)NO. The first-order valence-corrected chi connectivity index (χ1v) is 9.90. The Kier molecular flexibility index (Phi) is 6.16. The summed E-state index contributed by atoms with van der Waals surface area (Å²) in [6.45, 7) is 0.611. The van der Waals surface area contributed by atoms with Gasteiger partial charge in [0.2, 0.25) is 5.91 Å². The van der Waals surface area contributed by atoms with Crippen molar-refractivity contribution in [3.05, 3.63) is 78.6 Å². The molecule has 31 heavy (non-hydrogen) atoms. The number of hydroxylamine groups is 1. The highest BCUT2D eigenvalue weighted by Crippen LogP contribution is 2.28. The van der Waals surface area contributed by atoms with Crippen LogP contribution in [-0.2, 0) is 11.2 Å². The third-order valence-electron chi connectivity index (χ3n) is 5.01. The lowest BCUT2D eigenvalue weighted by molar-refractivity contribution is -0.128. The van der Waals surface area contributed by atoms with Gasteiger partial charge >= 0.3 is 0 Å². The van der Waals surface area contributed by atoms with Gasteiger partial charge in [-0.1, -0.05) is 36.4 Å². The molecule has 7 heteroatoms. The van der Waals surface area contributed by atoms with Gasteiger partial charge in [0, 0.05) is 35.6 Å². The van der Waals surface area contributed by atoms with Gasteiger partial charge in [-0.25, -0.2) is 10.5 Å². The van der Waals surface area contributed by atoms with Crippen molar-refractivity contribution in [2.45, 2.75) is 6.42 Å². The molecule has 0 aliphatic rings. The lowest BCUT2D eigenvalue weighted by Gasteiger charge is -2.10.